The van der Waals surface area contributed by atoms with Crippen molar-refractivity contribution in [2.75, 3.05) is 19.5 Å². The molecular weight excluding hydrogens is 282 g/mol. The average Bonchev–Trinajstić information content (AvgIpc) is 3.04. The van der Waals surface area contributed by atoms with Gasteiger partial charge >= 0.3 is 0 Å². The number of nitrogens with one attached hydrogen (secondary N) is 1. The van der Waals surface area contributed by atoms with Crippen molar-refractivity contribution in [3.05, 3.63) is 48.5 Å². The van der Waals surface area contributed by atoms with E-state index in [0.717, 1.165) is 22.9 Å². The van der Waals surface area contributed by atoms with Gasteiger partial charge in [-0.3, -0.25) is 0 Å². The minimum absolute atomic E-state index is 0.523. The molecule has 0 saturated carbocycles. The predicted octanol–water partition coefficient (Wildman–Crippen LogP) is 2.42. The Kier molecular flexibility index (Phi) is 3.86. The number of nitrogens with zero attached hydrogens (tertiary/aromatic N) is 4. The Bertz CT molecular complexity index is 737. The van der Waals surface area contributed by atoms with Crippen LogP contribution in [0.25, 0.3) is 5.69 Å². The van der Waals surface area contributed by atoms with Crippen LogP contribution in [0.2, 0.25) is 0 Å². The van der Waals surface area contributed by atoms with E-state index in [-0.39, 0.29) is 0 Å². The van der Waals surface area contributed by atoms with Crippen molar-refractivity contribution in [1.29, 1.82) is 0 Å². The molecule has 7 heteroatoms. The maximum atomic E-state index is 5.15. The van der Waals surface area contributed by atoms with Gasteiger partial charge in [0.15, 0.2) is 0 Å². The zero-order valence-corrected chi connectivity index (χ0v) is 12.2. The molecule has 0 aliphatic heterocycles. The SMILES string of the molecule is COc1ccc(Nc2nnnn2-c2ccc(OC)cc2)cc1. The van der Waals surface area contributed by atoms with Crippen LogP contribution in [0.3, 0.4) is 0 Å². The molecule has 1 aromatic heterocycles. The Morgan fingerprint density at radius 3 is 2.05 bits per heavy atom. The molecule has 0 spiro atoms. The molecule has 2 aromatic carbocycles. The highest BCUT2D eigenvalue weighted by molar-refractivity contribution is 5.56. The summed E-state index contributed by atoms with van der Waals surface area (Å²) < 4.78 is 11.9. The van der Waals surface area contributed by atoms with Crippen LogP contribution >= 0.6 is 0 Å². The van der Waals surface area contributed by atoms with Crippen LogP contribution in [-0.4, -0.2) is 34.4 Å². The highest BCUT2D eigenvalue weighted by atomic mass is 16.5. The molecule has 1 N–H and O–H groups in total. The van der Waals surface area contributed by atoms with Gasteiger partial charge in [-0.15, -0.1) is 0 Å². The van der Waals surface area contributed by atoms with E-state index in [1.807, 2.05) is 48.5 Å². The number of hydrogen-bond acceptors (Lipinski definition) is 6. The van der Waals surface area contributed by atoms with Crippen LogP contribution < -0.4 is 14.8 Å². The second-order valence-electron chi connectivity index (χ2n) is 4.47. The first kappa shape index (κ1) is 13.9. The van der Waals surface area contributed by atoms with Crippen LogP contribution in [0, 0.1) is 0 Å². The number of tetrazole rings is 1. The highest BCUT2D eigenvalue weighted by Crippen LogP contribution is 2.21. The number of anilines is 2. The Balaban J connectivity index is 1.84. The molecule has 0 fully saturated rings. The van der Waals surface area contributed by atoms with E-state index in [1.54, 1.807) is 18.9 Å². The largest absolute Gasteiger partial charge is 0.497 e. The monoisotopic (exact) mass is 297 g/mol. The maximum absolute atomic E-state index is 5.15. The molecule has 0 aliphatic carbocycles. The Morgan fingerprint density at radius 2 is 1.45 bits per heavy atom. The molecule has 7 nitrogen and oxygen atoms in total. The third-order valence-electron chi connectivity index (χ3n) is 3.13. The first-order valence-corrected chi connectivity index (χ1v) is 6.64. The zero-order valence-electron chi connectivity index (χ0n) is 12.2. The molecule has 0 amide bonds. The lowest BCUT2D eigenvalue weighted by atomic mass is 10.3. The smallest absolute Gasteiger partial charge is 0.252 e. The first-order chi connectivity index (χ1) is 10.8. The number of benzene rings is 2. The number of aromatic nitrogens is 4. The third-order valence-corrected chi connectivity index (χ3v) is 3.13. The van der Waals surface area contributed by atoms with Gasteiger partial charge in [-0.05, 0) is 59.0 Å². The molecule has 112 valence electrons. The number of methoxy groups -OCH3 is 2. The summed E-state index contributed by atoms with van der Waals surface area (Å²) in [5.74, 6) is 2.09. The van der Waals surface area contributed by atoms with Gasteiger partial charge in [-0.25, -0.2) is 0 Å². The summed E-state index contributed by atoms with van der Waals surface area (Å²) in [6.45, 7) is 0. The Labute approximate surface area is 127 Å². The maximum Gasteiger partial charge on any atom is 0.252 e. The summed E-state index contributed by atoms with van der Waals surface area (Å²) in [6.07, 6.45) is 0. The minimum atomic E-state index is 0.523. The van der Waals surface area contributed by atoms with Crippen molar-refractivity contribution in [2.24, 2.45) is 0 Å². The summed E-state index contributed by atoms with van der Waals surface area (Å²) in [5, 5.41) is 14.9. The molecule has 3 rings (SSSR count). The van der Waals surface area contributed by atoms with Crippen LogP contribution in [0.5, 0.6) is 11.5 Å². The molecule has 3 aromatic rings. The van der Waals surface area contributed by atoms with E-state index in [9.17, 15) is 0 Å². The van der Waals surface area contributed by atoms with Gasteiger partial charge < -0.3 is 14.8 Å². The van der Waals surface area contributed by atoms with Gasteiger partial charge in [0.2, 0.25) is 0 Å². The van der Waals surface area contributed by atoms with Crippen molar-refractivity contribution < 1.29 is 9.47 Å². The lowest BCUT2D eigenvalue weighted by Gasteiger charge is -2.08. The molecule has 0 atom stereocenters. The van der Waals surface area contributed by atoms with Gasteiger partial charge in [-0.1, -0.05) is 5.10 Å². The minimum Gasteiger partial charge on any atom is -0.497 e. The van der Waals surface area contributed by atoms with E-state index in [1.165, 1.54) is 0 Å². The summed E-state index contributed by atoms with van der Waals surface area (Å²) in [5.41, 5.74) is 1.70. The van der Waals surface area contributed by atoms with Crippen molar-refractivity contribution in [3.8, 4) is 17.2 Å². The number of rotatable bonds is 5. The van der Waals surface area contributed by atoms with Crippen molar-refractivity contribution in [2.45, 2.75) is 0 Å². The summed E-state index contributed by atoms with van der Waals surface area (Å²) in [4.78, 5) is 0. The van der Waals surface area contributed by atoms with E-state index >= 15 is 0 Å². The fourth-order valence-electron chi connectivity index (χ4n) is 1.97. The van der Waals surface area contributed by atoms with Gasteiger partial charge in [0.1, 0.15) is 11.5 Å². The fourth-order valence-corrected chi connectivity index (χ4v) is 1.97. The van der Waals surface area contributed by atoms with Crippen LogP contribution in [0.4, 0.5) is 11.6 Å². The van der Waals surface area contributed by atoms with Gasteiger partial charge in [0.25, 0.3) is 5.95 Å². The van der Waals surface area contributed by atoms with Crippen molar-refractivity contribution in [1.82, 2.24) is 20.2 Å². The topological polar surface area (TPSA) is 74.1 Å². The summed E-state index contributed by atoms with van der Waals surface area (Å²) in [6, 6.07) is 15.0. The lowest BCUT2D eigenvalue weighted by Crippen LogP contribution is -2.03. The molecule has 22 heavy (non-hydrogen) atoms. The summed E-state index contributed by atoms with van der Waals surface area (Å²) >= 11 is 0. The molecule has 0 radical (unpaired) electrons. The van der Waals surface area contributed by atoms with E-state index < -0.39 is 0 Å². The Morgan fingerprint density at radius 1 is 0.864 bits per heavy atom. The average molecular weight is 297 g/mol. The fraction of sp³-hybridized carbons (Fsp3) is 0.133. The van der Waals surface area contributed by atoms with Gasteiger partial charge in [0.05, 0.1) is 19.9 Å². The molecule has 1 heterocycles. The van der Waals surface area contributed by atoms with Crippen LogP contribution in [-0.2, 0) is 0 Å². The predicted molar refractivity (Wildman–Crippen MR) is 82.0 cm³/mol. The highest BCUT2D eigenvalue weighted by Gasteiger charge is 2.08. The molecule has 0 unspecified atom stereocenters. The molecule has 0 saturated heterocycles. The lowest BCUT2D eigenvalue weighted by molar-refractivity contribution is 0.414. The van der Waals surface area contributed by atoms with E-state index in [0.29, 0.717) is 5.95 Å². The summed E-state index contributed by atoms with van der Waals surface area (Å²) in [7, 11) is 3.26. The molecule has 0 aliphatic rings. The van der Waals surface area contributed by atoms with Crippen molar-refractivity contribution in [3.63, 3.8) is 0 Å². The third kappa shape index (κ3) is 2.83. The first-order valence-electron chi connectivity index (χ1n) is 6.64. The zero-order chi connectivity index (χ0) is 15.4. The normalized spacial score (nSPS) is 10.3. The van der Waals surface area contributed by atoms with Gasteiger partial charge in [-0.2, -0.15) is 4.68 Å². The number of ether oxygens (including phenoxy) is 2. The van der Waals surface area contributed by atoms with E-state index in [4.69, 9.17) is 9.47 Å². The molecular formula is C15H15N5O2. The van der Waals surface area contributed by atoms with Crippen molar-refractivity contribution >= 4 is 11.6 Å². The van der Waals surface area contributed by atoms with Crippen LogP contribution in [0.1, 0.15) is 0 Å². The quantitative estimate of drug-likeness (QED) is 0.779. The number of hydrogen-bond donors (Lipinski definition) is 1. The second kappa shape index (κ2) is 6.13. The Hall–Kier alpha value is -3.09. The van der Waals surface area contributed by atoms with Crippen LogP contribution in [0.15, 0.2) is 48.5 Å². The van der Waals surface area contributed by atoms with E-state index in [2.05, 4.69) is 20.8 Å². The molecule has 0 bridgehead atoms. The van der Waals surface area contributed by atoms with Gasteiger partial charge in [0, 0.05) is 5.69 Å². The standard InChI is InChI=1S/C15H15N5O2/c1-21-13-7-3-11(4-8-13)16-15-17-18-19-20(15)12-5-9-14(22-2)10-6-12/h3-10H,1-2H3,(H,16,17,19). The second-order valence-corrected chi connectivity index (χ2v) is 4.47.